The maximum Gasteiger partial charge on any atom is 0.416 e. The van der Waals surface area contributed by atoms with Gasteiger partial charge >= 0.3 is 6.18 Å². The first-order chi connectivity index (χ1) is 6.33. The van der Waals surface area contributed by atoms with E-state index in [2.05, 4.69) is 14.7 Å². The molecule has 0 fully saturated rings. The number of alkyl halides is 3. The van der Waals surface area contributed by atoms with Crippen LogP contribution >= 0.6 is 0 Å². The Kier molecular flexibility index (Phi) is 2.79. The van der Waals surface area contributed by atoms with Crippen molar-refractivity contribution in [1.82, 2.24) is 10.1 Å². The molecular weight excluding hydrogens is 201 g/mol. The molecule has 1 heterocycles. The van der Waals surface area contributed by atoms with E-state index in [0.717, 1.165) is 6.33 Å². The van der Waals surface area contributed by atoms with E-state index in [1.807, 2.05) is 0 Å². The van der Waals surface area contributed by atoms with Crippen molar-refractivity contribution >= 4 is 0 Å². The highest BCUT2D eigenvalue weighted by Crippen LogP contribution is 2.33. The molecule has 0 bridgehead atoms. The first-order valence-corrected chi connectivity index (χ1v) is 3.87. The molecule has 0 radical (unpaired) electrons. The highest BCUT2D eigenvalue weighted by molar-refractivity contribution is 4.86. The number of aliphatic hydroxyl groups is 1. The van der Waals surface area contributed by atoms with Crippen LogP contribution in [0.1, 0.15) is 19.2 Å². The Hall–Kier alpha value is -1.11. The van der Waals surface area contributed by atoms with Crippen molar-refractivity contribution in [3.05, 3.63) is 12.2 Å². The van der Waals surface area contributed by atoms with Gasteiger partial charge in [0.05, 0.1) is 0 Å². The van der Waals surface area contributed by atoms with Gasteiger partial charge in [0, 0.05) is 6.42 Å². The SMILES string of the molecule is C[C@@](O)(CCc1ncno1)C(F)(F)F. The van der Waals surface area contributed by atoms with Crippen molar-refractivity contribution < 1.29 is 22.8 Å². The second kappa shape index (κ2) is 3.56. The van der Waals surface area contributed by atoms with Gasteiger partial charge < -0.3 is 9.63 Å². The molecule has 80 valence electrons. The minimum Gasteiger partial charge on any atom is -0.381 e. The largest absolute Gasteiger partial charge is 0.416 e. The van der Waals surface area contributed by atoms with Crippen LogP contribution < -0.4 is 0 Å². The van der Waals surface area contributed by atoms with E-state index >= 15 is 0 Å². The Labute approximate surface area is 77.7 Å². The van der Waals surface area contributed by atoms with Crippen molar-refractivity contribution in [2.75, 3.05) is 0 Å². The molecule has 0 saturated carbocycles. The molecule has 1 aromatic heterocycles. The molecule has 1 aromatic rings. The molecule has 0 aliphatic rings. The molecule has 1 rings (SSSR count). The van der Waals surface area contributed by atoms with Gasteiger partial charge in [0.2, 0.25) is 5.89 Å². The Balaban J connectivity index is 2.53. The molecule has 7 heteroatoms. The quantitative estimate of drug-likeness (QED) is 0.817. The van der Waals surface area contributed by atoms with E-state index in [1.165, 1.54) is 0 Å². The lowest BCUT2D eigenvalue weighted by Gasteiger charge is -2.25. The lowest BCUT2D eigenvalue weighted by molar-refractivity contribution is -0.255. The normalized spacial score (nSPS) is 16.6. The summed E-state index contributed by atoms with van der Waals surface area (Å²) in [5, 5.41) is 12.3. The van der Waals surface area contributed by atoms with Crippen LogP contribution in [0.25, 0.3) is 0 Å². The standard InChI is InChI=1S/C7H9F3N2O2/c1-6(13,7(8,9)10)3-2-5-11-4-12-14-5/h4,13H,2-3H2,1H3/t6-/m1/s1. The Morgan fingerprint density at radius 3 is 2.57 bits per heavy atom. The average molecular weight is 210 g/mol. The molecular formula is C7H9F3N2O2. The fourth-order valence-electron chi connectivity index (χ4n) is 0.798. The summed E-state index contributed by atoms with van der Waals surface area (Å²) in [5.41, 5.74) is -2.72. The predicted octanol–water partition coefficient (Wildman–Crippen LogP) is 1.32. The fourth-order valence-corrected chi connectivity index (χ4v) is 0.798. The van der Waals surface area contributed by atoms with Crippen molar-refractivity contribution in [3.8, 4) is 0 Å². The van der Waals surface area contributed by atoms with Gasteiger partial charge in [-0.2, -0.15) is 18.2 Å². The van der Waals surface area contributed by atoms with E-state index in [4.69, 9.17) is 5.11 Å². The molecule has 0 aliphatic heterocycles. The van der Waals surface area contributed by atoms with Crippen LogP contribution in [0.4, 0.5) is 13.2 Å². The minimum atomic E-state index is -4.65. The summed E-state index contributed by atoms with van der Waals surface area (Å²) in [6.07, 6.45) is -4.16. The Morgan fingerprint density at radius 1 is 1.50 bits per heavy atom. The molecule has 0 spiro atoms. The van der Waals surface area contributed by atoms with Gasteiger partial charge in [-0.05, 0) is 13.3 Å². The van der Waals surface area contributed by atoms with E-state index < -0.39 is 18.2 Å². The van der Waals surface area contributed by atoms with E-state index in [0.29, 0.717) is 6.92 Å². The number of hydrogen-bond donors (Lipinski definition) is 1. The van der Waals surface area contributed by atoms with Crippen molar-refractivity contribution in [3.63, 3.8) is 0 Å². The van der Waals surface area contributed by atoms with Crippen LogP contribution in [0.3, 0.4) is 0 Å². The number of halogens is 3. The summed E-state index contributed by atoms with van der Waals surface area (Å²) in [5.74, 6) is 0.0783. The van der Waals surface area contributed by atoms with Crippen LogP contribution in [-0.4, -0.2) is 27.0 Å². The van der Waals surface area contributed by atoms with E-state index in [1.54, 1.807) is 0 Å². The molecule has 0 aliphatic carbocycles. The number of aromatic nitrogens is 2. The van der Waals surface area contributed by atoms with Gasteiger partial charge in [0.1, 0.15) is 0 Å². The zero-order valence-electron chi connectivity index (χ0n) is 7.38. The Bertz CT molecular complexity index is 282. The summed E-state index contributed by atoms with van der Waals surface area (Å²) in [7, 11) is 0. The number of hydrogen-bond acceptors (Lipinski definition) is 4. The highest BCUT2D eigenvalue weighted by Gasteiger charge is 2.49. The van der Waals surface area contributed by atoms with Crippen LogP contribution in [0.2, 0.25) is 0 Å². The molecule has 4 nitrogen and oxygen atoms in total. The molecule has 0 amide bonds. The molecule has 14 heavy (non-hydrogen) atoms. The predicted molar refractivity (Wildman–Crippen MR) is 39.3 cm³/mol. The lowest BCUT2D eigenvalue weighted by atomic mass is 10.00. The monoisotopic (exact) mass is 210 g/mol. The second-order valence-electron chi connectivity index (χ2n) is 3.11. The lowest BCUT2D eigenvalue weighted by Crippen LogP contribution is -2.42. The maximum absolute atomic E-state index is 12.1. The summed E-state index contributed by atoms with van der Waals surface area (Å²) < 4.78 is 40.9. The first-order valence-electron chi connectivity index (χ1n) is 3.87. The van der Waals surface area contributed by atoms with Gasteiger partial charge in [-0.1, -0.05) is 5.16 Å². The number of aryl methyl sites for hydroxylation is 1. The van der Waals surface area contributed by atoms with Crippen molar-refractivity contribution in [2.24, 2.45) is 0 Å². The van der Waals surface area contributed by atoms with Crippen LogP contribution in [0, 0.1) is 0 Å². The minimum absolute atomic E-state index is 0.0783. The zero-order valence-corrected chi connectivity index (χ0v) is 7.38. The average Bonchev–Trinajstić information content (AvgIpc) is 2.50. The smallest absolute Gasteiger partial charge is 0.381 e. The van der Waals surface area contributed by atoms with E-state index in [9.17, 15) is 13.2 Å². The molecule has 1 N–H and O–H groups in total. The van der Waals surface area contributed by atoms with Gasteiger partial charge in [-0.15, -0.1) is 0 Å². The van der Waals surface area contributed by atoms with Gasteiger partial charge in [-0.3, -0.25) is 0 Å². The Morgan fingerprint density at radius 2 is 2.14 bits per heavy atom. The van der Waals surface area contributed by atoms with Crippen LogP contribution in [0.5, 0.6) is 0 Å². The molecule has 0 aromatic carbocycles. The number of rotatable bonds is 3. The summed E-state index contributed by atoms with van der Waals surface area (Å²) in [6, 6.07) is 0. The van der Waals surface area contributed by atoms with Crippen molar-refractivity contribution in [2.45, 2.75) is 31.5 Å². The highest BCUT2D eigenvalue weighted by atomic mass is 19.4. The van der Waals surface area contributed by atoms with Crippen LogP contribution in [-0.2, 0) is 6.42 Å². The van der Waals surface area contributed by atoms with Gasteiger partial charge in [0.15, 0.2) is 11.9 Å². The summed E-state index contributed by atoms with van der Waals surface area (Å²) in [4.78, 5) is 3.55. The van der Waals surface area contributed by atoms with E-state index in [-0.39, 0.29) is 12.3 Å². The molecule has 1 atom stereocenters. The molecule has 0 unspecified atom stereocenters. The summed E-state index contributed by atoms with van der Waals surface area (Å²) in [6.45, 7) is 0.712. The third kappa shape index (κ3) is 2.44. The summed E-state index contributed by atoms with van der Waals surface area (Å²) >= 11 is 0. The van der Waals surface area contributed by atoms with Crippen molar-refractivity contribution in [1.29, 1.82) is 0 Å². The van der Waals surface area contributed by atoms with Gasteiger partial charge in [-0.25, -0.2) is 0 Å². The van der Waals surface area contributed by atoms with Gasteiger partial charge in [0.25, 0.3) is 0 Å². The third-order valence-electron chi connectivity index (χ3n) is 1.84. The topological polar surface area (TPSA) is 59.2 Å². The third-order valence-corrected chi connectivity index (χ3v) is 1.84. The zero-order chi connectivity index (χ0) is 10.8. The molecule has 0 saturated heterocycles. The fraction of sp³-hybridized carbons (Fsp3) is 0.714. The first kappa shape index (κ1) is 11.0. The maximum atomic E-state index is 12.1. The van der Waals surface area contributed by atoms with Crippen LogP contribution in [0.15, 0.2) is 10.9 Å². The number of nitrogens with zero attached hydrogens (tertiary/aromatic N) is 2. The second-order valence-corrected chi connectivity index (χ2v) is 3.11.